The van der Waals surface area contributed by atoms with Crippen LogP contribution in [0.4, 0.5) is 0 Å². The zero-order chi connectivity index (χ0) is 11.0. The zero-order valence-corrected chi connectivity index (χ0v) is 11.1. The first-order valence-electron chi connectivity index (χ1n) is 5.32. The summed E-state index contributed by atoms with van der Waals surface area (Å²) in [4.78, 5) is 11.4. The van der Waals surface area contributed by atoms with Crippen LogP contribution in [0.5, 0.6) is 0 Å². The molecule has 0 radical (unpaired) electrons. The molecule has 1 amide bonds. The average Bonchev–Trinajstić information content (AvgIpc) is 2.09. The van der Waals surface area contributed by atoms with E-state index >= 15 is 0 Å². The molecule has 0 fully saturated rings. The van der Waals surface area contributed by atoms with Crippen LogP contribution in [0.25, 0.3) is 0 Å². The van der Waals surface area contributed by atoms with E-state index in [2.05, 4.69) is 21.2 Å². The van der Waals surface area contributed by atoms with Gasteiger partial charge in [-0.05, 0) is 12.8 Å². The van der Waals surface area contributed by atoms with E-state index in [-0.39, 0.29) is 11.3 Å². The SMILES string of the molecule is CC(C)(C)C(=O)NCCCCCCBr. The summed E-state index contributed by atoms with van der Waals surface area (Å²) in [5.41, 5.74) is -0.254. The summed E-state index contributed by atoms with van der Waals surface area (Å²) in [7, 11) is 0. The Kier molecular flexibility index (Phi) is 7.24. The van der Waals surface area contributed by atoms with Crippen LogP contribution < -0.4 is 5.32 Å². The second-order valence-corrected chi connectivity index (χ2v) is 5.40. The molecule has 0 rings (SSSR count). The van der Waals surface area contributed by atoms with Gasteiger partial charge in [0.15, 0.2) is 0 Å². The molecule has 0 unspecified atom stereocenters. The maximum atomic E-state index is 11.4. The third-order valence-corrected chi connectivity index (χ3v) is 2.59. The number of hydrogen-bond acceptors (Lipinski definition) is 1. The Morgan fingerprint density at radius 3 is 2.21 bits per heavy atom. The monoisotopic (exact) mass is 263 g/mol. The largest absolute Gasteiger partial charge is 0.356 e. The predicted molar refractivity (Wildman–Crippen MR) is 64.7 cm³/mol. The van der Waals surface area contributed by atoms with Gasteiger partial charge in [0.05, 0.1) is 0 Å². The maximum Gasteiger partial charge on any atom is 0.225 e. The molecule has 0 aliphatic rings. The summed E-state index contributed by atoms with van der Waals surface area (Å²) in [6, 6.07) is 0. The van der Waals surface area contributed by atoms with E-state index in [0.717, 1.165) is 18.3 Å². The Labute approximate surface area is 96.0 Å². The first-order chi connectivity index (χ1) is 6.48. The second-order valence-electron chi connectivity index (χ2n) is 4.61. The number of hydrogen-bond donors (Lipinski definition) is 1. The summed E-state index contributed by atoms with van der Waals surface area (Å²) in [5, 5.41) is 4.03. The van der Waals surface area contributed by atoms with Gasteiger partial charge in [-0.25, -0.2) is 0 Å². The lowest BCUT2D eigenvalue weighted by molar-refractivity contribution is -0.128. The van der Waals surface area contributed by atoms with Gasteiger partial charge in [0.1, 0.15) is 0 Å². The highest BCUT2D eigenvalue weighted by Gasteiger charge is 2.19. The van der Waals surface area contributed by atoms with Gasteiger partial charge in [0.2, 0.25) is 5.91 Å². The van der Waals surface area contributed by atoms with Crippen LogP contribution in [-0.4, -0.2) is 17.8 Å². The van der Waals surface area contributed by atoms with Crippen molar-refractivity contribution in [3.63, 3.8) is 0 Å². The normalized spacial score (nSPS) is 11.4. The Morgan fingerprint density at radius 2 is 1.71 bits per heavy atom. The van der Waals surface area contributed by atoms with Crippen LogP contribution in [0.3, 0.4) is 0 Å². The fourth-order valence-corrected chi connectivity index (χ4v) is 1.44. The Hall–Kier alpha value is -0.0500. The van der Waals surface area contributed by atoms with Gasteiger partial charge in [-0.15, -0.1) is 0 Å². The van der Waals surface area contributed by atoms with Crippen LogP contribution in [0.2, 0.25) is 0 Å². The average molecular weight is 264 g/mol. The number of amides is 1. The van der Waals surface area contributed by atoms with Crippen molar-refractivity contribution in [2.45, 2.75) is 46.5 Å². The van der Waals surface area contributed by atoms with Crippen molar-refractivity contribution in [1.82, 2.24) is 5.32 Å². The van der Waals surface area contributed by atoms with Gasteiger partial charge in [-0.1, -0.05) is 49.5 Å². The highest BCUT2D eigenvalue weighted by molar-refractivity contribution is 9.09. The maximum absolute atomic E-state index is 11.4. The molecule has 0 atom stereocenters. The van der Waals surface area contributed by atoms with E-state index in [4.69, 9.17) is 0 Å². The van der Waals surface area contributed by atoms with Crippen molar-refractivity contribution >= 4 is 21.8 Å². The minimum Gasteiger partial charge on any atom is -0.356 e. The lowest BCUT2D eigenvalue weighted by atomic mass is 9.96. The van der Waals surface area contributed by atoms with E-state index < -0.39 is 0 Å². The van der Waals surface area contributed by atoms with Crippen molar-refractivity contribution in [3.05, 3.63) is 0 Å². The van der Waals surface area contributed by atoms with Gasteiger partial charge < -0.3 is 5.32 Å². The molecule has 84 valence electrons. The smallest absolute Gasteiger partial charge is 0.225 e. The molecule has 0 aliphatic heterocycles. The molecule has 0 saturated heterocycles. The van der Waals surface area contributed by atoms with E-state index in [9.17, 15) is 4.79 Å². The fourth-order valence-electron chi connectivity index (χ4n) is 1.04. The quantitative estimate of drug-likeness (QED) is 0.579. The molecule has 0 saturated carbocycles. The minimum atomic E-state index is -0.254. The molecule has 0 aromatic heterocycles. The van der Waals surface area contributed by atoms with Crippen LogP contribution in [0.1, 0.15) is 46.5 Å². The number of unbranched alkanes of at least 4 members (excludes halogenated alkanes) is 3. The van der Waals surface area contributed by atoms with E-state index in [1.807, 2.05) is 20.8 Å². The van der Waals surface area contributed by atoms with Crippen LogP contribution in [0.15, 0.2) is 0 Å². The van der Waals surface area contributed by atoms with Gasteiger partial charge in [-0.2, -0.15) is 0 Å². The Balaban J connectivity index is 3.33. The summed E-state index contributed by atoms with van der Waals surface area (Å²) in [6.07, 6.45) is 4.77. The van der Waals surface area contributed by atoms with Crippen LogP contribution in [0, 0.1) is 5.41 Å². The molecule has 0 heterocycles. The molecule has 0 bridgehead atoms. The molecule has 2 nitrogen and oxygen atoms in total. The number of carbonyl (C=O) groups excluding carboxylic acids is 1. The Morgan fingerprint density at radius 1 is 1.14 bits per heavy atom. The third kappa shape index (κ3) is 7.36. The Bertz CT molecular complexity index is 163. The highest BCUT2D eigenvalue weighted by atomic mass is 79.9. The third-order valence-electron chi connectivity index (χ3n) is 2.03. The number of alkyl halides is 1. The number of nitrogens with one attached hydrogen (secondary N) is 1. The van der Waals surface area contributed by atoms with Gasteiger partial charge >= 0.3 is 0 Å². The summed E-state index contributed by atoms with van der Waals surface area (Å²) >= 11 is 3.40. The molecule has 1 N–H and O–H groups in total. The van der Waals surface area contributed by atoms with Crippen molar-refractivity contribution < 1.29 is 4.79 Å². The van der Waals surface area contributed by atoms with Gasteiger partial charge in [0.25, 0.3) is 0 Å². The van der Waals surface area contributed by atoms with Gasteiger partial charge in [-0.3, -0.25) is 4.79 Å². The van der Waals surface area contributed by atoms with Crippen molar-refractivity contribution in [3.8, 4) is 0 Å². The molecule has 14 heavy (non-hydrogen) atoms. The molecule has 0 spiro atoms. The topological polar surface area (TPSA) is 29.1 Å². The summed E-state index contributed by atoms with van der Waals surface area (Å²) < 4.78 is 0. The van der Waals surface area contributed by atoms with Crippen LogP contribution >= 0.6 is 15.9 Å². The molecular formula is C11H22BrNO. The highest BCUT2D eigenvalue weighted by Crippen LogP contribution is 2.12. The first kappa shape index (κ1) is 13.9. The molecular weight excluding hydrogens is 242 g/mol. The zero-order valence-electron chi connectivity index (χ0n) is 9.53. The predicted octanol–water partition coefficient (Wildman–Crippen LogP) is 3.10. The standard InChI is InChI=1S/C11H22BrNO/c1-11(2,3)10(14)13-9-7-5-4-6-8-12/h4-9H2,1-3H3,(H,13,14). The molecule has 0 aromatic rings. The fraction of sp³-hybridized carbons (Fsp3) is 0.909. The lowest BCUT2D eigenvalue weighted by Crippen LogP contribution is -2.35. The van der Waals surface area contributed by atoms with Crippen molar-refractivity contribution in [1.29, 1.82) is 0 Å². The second kappa shape index (κ2) is 7.27. The summed E-state index contributed by atoms with van der Waals surface area (Å²) in [5.74, 6) is 0.151. The van der Waals surface area contributed by atoms with Crippen molar-refractivity contribution in [2.75, 3.05) is 11.9 Å². The first-order valence-corrected chi connectivity index (χ1v) is 6.45. The minimum absolute atomic E-state index is 0.151. The van der Waals surface area contributed by atoms with Crippen LogP contribution in [-0.2, 0) is 4.79 Å². The van der Waals surface area contributed by atoms with E-state index in [0.29, 0.717) is 0 Å². The number of rotatable bonds is 6. The lowest BCUT2D eigenvalue weighted by Gasteiger charge is -2.17. The van der Waals surface area contributed by atoms with Crippen molar-refractivity contribution in [2.24, 2.45) is 5.41 Å². The molecule has 0 aliphatic carbocycles. The molecule has 3 heteroatoms. The molecule has 0 aromatic carbocycles. The van der Waals surface area contributed by atoms with E-state index in [1.165, 1.54) is 19.3 Å². The summed E-state index contributed by atoms with van der Waals surface area (Å²) in [6.45, 7) is 6.63. The van der Waals surface area contributed by atoms with E-state index in [1.54, 1.807) is 0 Å². The number of halogens is 1. The number of carbonyl (C=O) groups is 1. The van der Waals surface area contributed by atoms with Gasteiger partial charge in [0, 0.05) is 17.3 Å².